The Balaban J connectivity index is 1.97. The maximum Gasteiger partial charge on any atom is 0.299 e. The molecule has 3 aromatic rings. The summed E-state index contributed by atoms with van der Waals surface area (Å²) in [6.45, 7) is 0. The summed E-state index contributed by atoms with van der Waals surface area (Å²) in [5, 5.41) is 27.4. The fourth-order valence-electron chi connectivity index (χ4n) is 2.09. The Bertz CT molecular complexity index is 899. The molecule has 1 aromatic heterocycles. The summed E-state index contributed by atoms with van der Waals surface area (Å²) in [5.74, 6) is -1.18. The zero-order valence-corrected chi connectivity index (χ0v) is 11.3. The van der Waals surface area contributed by atoms with Crippen molar-refractivity contribution in [3.8, 4) is 11.6 Å². The normalized spacial score (nSPS) is 11.3. The molecular formula is C15H12N4O3. The van der Waals surface area contributed by atoms with Gasteiger partial charge in [0.1, 0.15) is 5.75 Å². The number of phenols is 1. The van der Waals surface area contributed by atoms with E-state index in [-0.39, 0.29) is 22.9 Å². The number of azo groups is 1. The maximum atomic E-state index is 12.0. The molecule has 1 heterocycles. The smallest absolute Gasteiger partial charge is 0.299 e. The molecule has 0 bridgehead atoms. The van der Waals surface area contributed by atoms with E-state index < -0.39 is 5.91 Å². The van der Waals surface area contributed by atoms with Crippen molar-refractivity contribution in [1.29, 1.82) is 0 Å². The van der Waals surface area contributed by atoms with Crippen LogP contribution < -0.4 is 5.73 Å². The maximum absolute atomic E-state index is 12.0. The zero-order chi connectivity index (χ0) is 15.7. The molecule has 0 spiro atoms. The molecule has 0 unspecified atom stereocenters. The lowest BCUT2D eigenvalue weighted by Crippen LogP contribution is -1.96. The SMILES string of the molecule is Nc1ccc(O)c(C(=O)N=Nc2c(O)[nH]c3ccccc23)c1. The third-order valence-electron chi connectivity index (χ3n) is 3.15. The molecule has 110 valence electrons. The molecule has 0 aliphatic rings. The second-order valence-electron chi connectivity index (χ2n) is 4.65. The predicted molar refractivity (Wildman–Crippen MR) is 81.3 cm³/mol. The van der Waals surface area contributed by atoms with Gasteiger partial charge in [-0.05, 0) is 24.3 Å². The van der Waals surface area contributed by atoms with Crippen LogP contribution in [0.25, 0.3) is 10.9 Å². The van der Waals surface area contributed by atoms with Gasteiger partial charge in [-0.15, -0.1) is 10.2 Å². The number of nitrogens with two attached hydrogens (primary N) is 1. The summed E-state index contributed by atoms with van der Waals surface area (Å²) in [5.41, 5.74) is 6.68. The molecular weight excluding hydrogens is 284 g/mol. The van der Waals surface area contributed by atoms with Gasteiger partial charge in [-0.25, -0.2) is 0 Å². The third-order valence-corrected chi connectivity index (χ3v) is 3.15. The number of aromatic amines is 1. The van der Waals surface area contributed by atoms with E-state index in [0.717, 1.165) is 0 Å². The lowest BCUT2D eigenvalue weighted by atomic mass is 10.1. The van der Waals surface area contributed by atoms with Crippen molar-refractivity contribution in [3.05, 3.63) is 48.0 Å². The molecule has 0 saturated heterocycles. The Kier molecular flexibility index (Phi) is 3.23. The number of carbonyl (C=O) groups is 1. The number of phenolic OH excluding ortho intramolecular Hbond substituents is 1. The van der Waals surface area contributed by atoms with E-state index in [9.17, 15) is 15.0 Å². The Labute approximate surface area is 124 Å². The quantitative estimate of drug-likeness (QED) is 0.329. The van der Waals surface area contributed by atoms with Crippen LogP contribution in [-0.4, -0.2) is 21.1 Å². The third kappa shape index (κ3) is 2.35. The Morgan fingerprint density at radius 3 is 2.73 bits per heavy atom. The number of aromatic nitrogens is 1. The molecule has 7 heteroatoms. The van der Waals surface area contributed by atoms with Gasteiger partial charge in [0.05, 0.1) is 11.1 Å². The highest BCUT2D eigenvalue weighted by Gasteiger charge is 2.13. The molecule has 0 saturated carbocycles. The number of nitrogens with one attached hydrogen (secondary N) is 1. The minimum Gasteiger partial charge on any atom is -0.507 e. The highest BCUT2D eigenvalue weighted by molar-refractivity contribution is 5.99. The van der Waals surface area contributed by atoms with Gasteiger partial charge in [-0.2, -0.15) is 0 Å². The lowest BCUT2D eigenvalue weighted by molar-refractivity contribution is 0.0992. The number of para-hydroxylation sites is 1. The molecule has 1 amide bonds. The van der Waals surface area contributed by atoms with Gasteiger partial charge >= 0.3 is 0 Å². The van der Waals surface area contributed by atoms with E-state index in [0.29, 0.717) is 16.6 Å². The summed E-state index contributed by atoms with van der Waals surface area (Å²) in [6, 6.07) is 11.2. The summed E-state index contributed by atoms with van der Waals surface area (Å²) in [7, 11) is 0. The van der Waals surface area contributed by atoms with Crippen molar-refractivity contribution < 1.29 is 15.0 Å². The number of fused-ring (bicyclic) bond motifs is 1. The molecule has 7 nitrogen and oxygen atoms in total. The van der Waals surface area contributed by atoms with Crippen molar-refractivity contribution >= 4 is 28.2 Å². The first-order chi connectivity index (χ1) is 10.6. The Morgan fingerprint density at radius 2 is 1.91 bits per heavy atom. The van der Waals surface area contributed by atoms with Crippen LogP contribution in [0.15, 0.2) is 52.7 Å². The molecule has 0 fully saturated rings. The first kappa shape index (κ1) is 13.6. The van der Waals surface area contributed by atoms with Gasteiger partial charge < -0.3 is 20.9 Å². The number of rotatable bonds is 2. The van der Waals surface area contributed by atoms with Crippen LogP contribution in [0.3, 0.4) is 0 Å². The monoisotopic (exact) mass is 296 g/mol. The number of nitrogen functional groups attached to an aromatic ring is 1. The average Bonchev–Trinajstić information content (AvgIpc) is 2.82. The van der Waals surface area contributed by atoms with E-state index >= 15 is 0 Å². The predicted octanol–water partition coefficient (Wildman–Crippen LogP) is 3.09. The second kappa shape index (κ2) is 5.21. The number of hydrogen-bond acceptors (Lipinski definition) is 5. The van der Waals surface area contributed by atoms with Crippen molar-refractivity contribution in [2.24, 2.45) is 10.2 Å². The van der Waals surface area contributed by atoms with Gasteiger partial charge in [0.25, 0.3) is 5.91 Å². The first-order valence-electron chi connectivity index (χ1n) is 6.40. The Hall–Kier alpha value is -3.35. The Morgan fingerprint density at radius 1 is 1.14 bits per heavy atom. The van der Waals surface area contributed by atoms with Crippen LogP contribution in [-0.2, 0) is 0 Å². The average molecular weight is 296 g/mol. The topological polar surface area (TPSA) is 124 Å². The van der Waals surface area contributed by atoms with E-state index in [1.54, 1.807) is 24.3 Å². The highest BCUT2D eigenvalue weighted by atomic mass is 16.3. The van der Waals surface area contributed by atoms with Gasteiger partial charge in [0.15, 0.2) is 5.69 Å². The molecule has 3 rings (SSSR count). The van der Waals surface area contributed by atoms with Crippen LogP contribution >= 0.6 is 0 Å². The van der Waals surface area contributed by atoms with E-state index in [1.807, 2.05) is 0 Å². The fourth-order valence-corrected chi connectivity index (χ4v) is 2.09. The minimum absolute atomic E-state index is 0.0527. The van der Waals surface area contributed by atoms with Gasteiger partial charge in [-0.3, -0.25) is 4.79 Å². The van der Waals surface area contributed by atoms with Crippen molar-refractivity contribution in [2.45, 2.75) is 0 Å². The fraction of sp³-hybridized carbons (Fsp3) is 0. The molecule has 0 aliphatic carbocycles. The van der Waals surface area contributed by atoms with Crippen LogP contribution in [0.4, 0.5) is 11.4 Å². The molecule has 22 heavy (non-hydrogen) atoms. The number of anilines is 1. The first-order valence-corrected chi connectivity index (χ1v) is 6.40. The number of nitrogens with zero attached hydrogens (tertiary/aromatic N) is 2. The molecule has 5 N–H and O–H groups in total. The van der Waals surface area contributed by atoms with Crippen LogP contribution in [0.1, 0.15) is 10.4 Å². The number of benzene rings is 2. The van der Waals surface area contributed by atoms with E-state index in [4.69, 9.17) is 5.73 Å². The van der Waals surface area contributed by atoms with Gasteiger partial charge in [0, 0.05) is 11.1 Å². The zero-order valence-electron chi connectivity index (χ0n) is 11.3. The molecule has 0 atom stereocenters. The summed E-state index contributed by atoms with van der Waals surface area (Å²) >= 11 is 0. The summed E-state index contributed by atoms with van der Waals surface area (Å²) in [4.78, 5) is 14.7. The molecule has 0 radical (unpaired) electrons. The summed E-state index contributed by atoms with van der Waals surface area (Å²) < 4.78 is 0. The minimum atomic E-state index is -0.755. The summed E-state index contributed by atoms with van der Waals surface area (Å²) in [6.07, 6.45) is 0. The van der Waals surface area contributed by atoms with E-state index in [1.165, 1.54) is 18.2 Å². The molecule has 0 aliphatic heterocycles. The number of H-pyrrole nitrogens is 1. The van der Waals surface area contributed by atoms with Crippen molar-refractivity contribution in [1.82, 2.24) is 4.98 Å². The lowest BCUT2D eigenvalue weighted by Gasteiger charge is -2.00. The van der Waals surface area contributed by atoms with Gasteiger partial charge in [0.2, 0.25) is 5.88 Å². The van der Waals surface area contributed by atoms with Crippen LogP contribution in [0, 0.1) is 0 Å². The largest absolute Gasteiger partial charge is 0.507 e. The van der Waals surface area contributed by atoms with Crippen molar-refractivity contribution in [3.63, 3.8) is 0 Å². The number of hydrogen-bond donors (Lipinski definition) is 4. The van der Waals surface area contributed by atoms with Crippen LogP contribution in [0.2, 0.25) is 0 Å². The number of carbonyl (C=O) groups excluding carboxylic acids is 1. The molecule has 2 aromatic carbocycles. The standard InChI is InChI=1S/C15H12N4O3/c16-8-5-6-12(20)10(7-8)14(21)19-18-13-9-3-1-2-4-11(9)17-15(13)22/h1-7,17,20,22H,16H2. The second-order valence-corrected chi connectivity index (χ2v) is 4.65. The van der Waals surface area contributed by atoms with Gasteiger partial charge in [-0.1, -0.05) is 18.2 Å². The van der Waals surface area contributed by atoms with Crippen molar-refractivity contribution in [2.75, 3.05) is 5.73 Å². The number of amides is 1. The van der Waals surface area contributed by atoms with E-state index in [2.05, 4.69) is 15.2 Å². The number of aromatic hydroxyl groups is 2. The van der Waals surface area contributed by atoms with Crippen LogP contribution in [0.5, 0.6) is 11.6 Å². The highest BCUT2D eigenvalue weighted by Crippen LogP contribution is 2.35.